The van der Waals surface area contributed by atoms with Gasteiger partial charge in [0, 0.05) is 12.1 Å². The van der Waals surface area contributed by atoms with Crippen LogP contribution in [0.4, 0.5) is 0 Å². The topological polar surface area (TPSA) is 44.5 Å². The van der Waals surface area contributed by atoms with E-state index in [2.05, 4.69) is 11.9 Å². The van der Waals surface area contributed by atoms with Crippen LogP contribution in [0.5, 0.6) is 11.5 Å². The first-order valence-corrected chi connectivity index (χ1v) is 5.68. The highest BCUT2D eigenvalue weighted by atomic mass is 32.2. The molecule has 0 fully saturated rings. The number of hydrogen-bond donors (Lipinski definition) is 0. The van der Waals surface area contributed by atoms with E-state index < -0.39 is 0 Å². The van der Waals surface area contributed by atoms with Crippen LogP contribution < -0.4 is 9.47 Å². The molecule has 1 aliphatic heterocycles. The monoisotopic (exact) mass is 223 g/mol. The van der Waals surface area contributed by atoms with Crippen molar-refractivity contribution in [3.05, 3.63) is 12.1 Å². The molecule has 0 radical (unpaired) electrons. The number of aromatic nitrogens is 1. The molecule has 2 aromatic rings. The van der Waals surface area contributed by atoms with Gasteiger partial charge in [0.05, 0.1) is 0 Å². The van der Waals surface area contributed by atoms with Crippen molar-refractivity contribution < 1.29 is 13.9 Å². The van der Waals surface area contributed by atoms with E-state index in [1.165, 1.54) is 0 Å². The molecular weight excluding hydrogens is 214 g/mol. The minimum Gasteiger partial charge on any atom is -0.454 e. The third kappa shape index (κ3) is 1.43. The second kappa shape index (κ2) is 3.34. The summed E-state index contributed by atoms with van der Waals surface area (Å²) in [5.41, 5.74) is 1.56. The molecule has 0 saturated heterocycles. The molecule has 0 spiro atoms. The van der Waals surface area contributed by atoms with Gasteiger partial charge in [0.2, 0.25) is 6.79 Å². The predicted molar refractivity (Wildman–Crippen MR) is 56.5 cm³/mol. The van der Waals surface area contributed by atoms with Gasteiger partial charge < -0.3 is 13.9 Å². The third-order valence-electron chi connectivity index (χ3n) is 2.13. The second-order valence-corrected chi connectivity index (χ2v) is 4.30. The summed E-state index contributed by atoms with van der Waals surface area (Å²) in [6.45, 7) is 2.34. The van der Waals surface area contributed by atoms with Crippen LogP contribution in [-0.2, 0) is 0 Å². The van der Waals surface area contributed by atoms with E-state index in [0.29, 0.717) is 5.22 Å². The van der Waals surface area contributed by atoms with E-state index in [9.17, 15) is 0 Å². The Kier molecular flexibility index (Phi) is 1.98. The lowest BCUT2D eigenvalue weighted by molar-refractivity contribution is 0.174. The van der Waals surface area contributed by atoms with Crippen molar-refractivity contribution in [1.82, 2.24) is 4.98 Å². The minimum absolute atomic E-state index is 0.276. The Hall–Kier alpha value is -1.36. The van der Waals surface area contributed by atoms with Crippen LogP contribution in [0.3, 0.4) is 0 Å². The number of benzene rings is 1. The molecule has 15 heavy (non-hydrogen) atoms. The minimum atomic E-state index is 0.276. The summed E-state index contributed by atoms with van der Waals surface area (Å²) in [5, 5.41) is 0.691. The predicted octanol–water partition coefficient (Wildman–Crippen LogP) is 2.67. The fourth-order valence-corrected chi connectivity index (χ4v) is 2.04. The summed E-state index contributed by atoms with van der Waals surface area (Å²) < 4.78 is 16.1. The average molecular weight is 223 g/mol. The maximum atomic E-state index is 5.55. The zero-order chi connectivity index (χ0) is 10.3. The molecule has 0 N–H and O–H groups in total. The van der Waals surface area contributed by atoms with Crippen LogP contribution in [0.1, 0.15) is 6.92 Å². The van der Waals surface area contributed by atoms with E-state index >= 15 is 0 Å². The number of hydrogen-bond acceptors (Lipinski definition) is 5. The van der Waals surface area contributed by atoms with Gasteiger partial charge in [0.15, 0.2) is 17.1 Å². The molecule has 0 aliphatic carbocycles. The van der Waals surface area contributed by atoms with Gasteiger partial charge in [-0.25, -0.2) is 4.98 Å². The number of ether oxygens (including phenoxy) is 2. The Bertz CT molecular complexity index is 468. The Morgan fingerprint density at radius 3 is 2.93 bits per heavy atom. The van der Waals surface area contributed by atoms with Gasteiger partial charge in [0.25, 0.3) is 5.22 Å². The lowest BCUT2D eigenvalue weighted by Crippen LogP contribution is -1.92. The number of oxazole rings is 1. The summed E-state index contributed by atoms with van der Waals surface area (Å²) in [7, 11) is 0. The number of fused-ring (bicyclic) bond motifs is 2. The second-order valence-electron chi connectivity index (χ2n) is 3.09. The lowest BCUT2D eigenvalue weighted by Gasteiger charge is -1.92. The molecule has 2 heterocycles. The summed E-state index contributed by atoms with van der Waals surface area (Å²) >= 11 is 1.58. The van der Waals surface area contributed by atoms with Gasteiger partial charge >= 0.3 is 0 Å². The SMILES string of the molecule is CCSc1nc2cc3c(cc2o1)OCO3. The van der Waals surface area contributed by atoms with Crippen LogP contribution in [0.15, 0.2) is 21.8 Å². The molecule has 3 rings (SSSR count). The molecule has 78 valence electrons. The highest BCUT2D eigenvalue weighted by molar-refractivity contribution is 7.99. The molecule has 4 nitrogen and oxygen atoms in total. The van der Waals surface area contributed by atoms with Crippen molar-refractivity contribution in [2.24, 2.45) is 0 Å². The molecule has 5 heteroatoms. The van der Waals surface area contributed by atoms with Gasteiger partial charge in [-0.3, -0.25) is 0 Å². The van der Waals surface area contributed by atoms with Gasteiger partial charge in [-0.05, 0) is 5.75 Å². The summed E-state index contributed by atoms with van der Waals surface area (Å²) in [6, 6.07) is 3.67. The van der Waals surface area contributed by atoms with Crippen LogP contribution >= 0.6 is 11.8 Å². The van der Waals surface area contributed by atoms with Crippen LogP contribution in [0, 0.1) is 0 Å². The van der Waals surface area contributed by atoms with Gasteiger partial charge in [-0.15, -0.1) is 0 Å². The van der Waals surface area contributed by atoms with Crippen LogP contribution in [-0.4, -0.2) is 17.5 Å². The zero-order valence-electron chi connectivity index (χ0n) is 8.15. The molecule has 0 saturated carbocycles. The van der Waals surface area contributed by atoms with E-state index in [4.69, 9.17) is 13.9 Å². The molecular formula is C10H9NO3S. The highest BCUT2D eigenvalue weighted by Crippen LogP contribution is 2.37. The normalized spacial score (nSPS) is 13.7. The van der Waals surface area contributed by atoms with Crippen molar-refractivity contribution >= 4 is 22.9 Å². The third-order valence-corrected chi connectivity index (χ3v) is 2.84. The van der Waals surface area contributed by atoms with E-state index in [0.717, 1.165) is 28.4 Å². The Balaban J connectivity index is 2.12. The van der Waals surface area contributed by atoms with Crippen molar-refractivity contribution in [3.8, 4) is 11.5 Å². The van der Waals surface area contributed by atoms with Crippen LogP contribution in [0.25, 0.3) is 11.1 Å². The van der Waals surface area contributed by atoms with E-state index in [1.807, 2.05) is 12.1 Å². The zero-order valence-corrected chi connectivity index (χ0v) is 8.97. The fraction of sp³-hybridized carbons (Fsp3) is 0.300. The Morgan fingerprint density at radius 1 is 1.33 bits per heavy atom. The van der Waals surface area contributed by atoms with Crippen molar-refractivity contribution in [1.29, 1.82) is 0 Å². The summed E-state index contributed by atoms with van der Waals surface area (Å²) in [6.07, 6.45) is 0. The Morgan fingerprint density at radius 2 is 2.13 bits per heavy atom. The first-order chi connectivity index (χ1) is 7.36. The lowest BCUT2D eigenvalue weighted by atomic mass is 10.3. The van der Waals surface area contributed by atoms with E-state index in [-0.39, 0.29) is 6.79 Å². The number of nitrogens with zero attached hydrogens (tertiary/aromatic N) is 1. The summed E-state index contributed by atoms with van der Waals surface area (Å²) in [5.74, 6) is 2.41. The van der Waals surface area contributed by atoms with Crippen LogP contribution in [0.2, 0.25) is 0 Å². The Labute approximate surface area is 90.6 Å². The smallest absolute Gasteiger partial charge is 0.256 e. The molecule has 0 atom stereocenters. The van der Waals surface area contributed by atoms with Crippen molar-refractivity contribution in [2.45, 2.75) is 12.1 Å². The molecule has 0 amide bonds. The number of rotatable bonds is 2. The average Bonchev–Trinajstić information content (AvgIpc) is 2.78. The summed E-state index contributed by atoms with van der Waals surface area (Å²) in [4.78, 5) is 4.34. The van der Waals surface area contributed by atoms with Gasteiger partial charge in [0.1, 0.15) is 5.52 Å². The fourth-order valence-electron chi connectivity index (χ4n) is 1.48. The first kappa shape index (κ1) is 8.91. The quantitative estimate of drug-likeness (QED) is 0.732. The maximum Gasteiger partial charge on any atom is 0.256 e. The largest absolute Gasteiger partial charge is 0.454 e. The van der Waals surface area contributed by atoms with Crippen molar-refractivity contribution in [2.75, 3.05) is 12.5 Å². The maximum absolute atomic E-state index is 5.55. The molecule has 1 aromatic heterocycles. The van der Waals surface area contributed by atoms with Crippen molar-refractivity contribution in [3.63, 3.8) is 0 Å². The molecule has 1 aromatic carbocycles. The first-order valence-electron chi connectivity index (χ1n) is 4.70. The molecule has 1 aliphatic rings. The number of thioether (sulfide) groups is 1. The molecule has 0 unspecified atom stereocenters. The van der Waals surface area contributed by atoms with Gasteiger partial charge in [-0.2, -0.15) is 0 Å². The molecule has 0 bridgehead atoms. The standard InChI is InChI=1S/C10H9NO3S/c1-2-15-10-11-6-3-8-9(13-5-12-8)4-7(6)14-10/h3-4H,2,5H2,1H3. The van der Waals surface area contributed by atoms with E-state index in [1.54, 1.807) is 11.8 Å². The highest BCUT2D eigenvalue weighted by Gasteiger charge is 2.17. The van der Waals surface area contributed by atoms with Gasteiger partial charge in [-0.1, -0.05) is 18.7 Å².